The third kappa shape index (κ3) is 7.83. The number of amides is 1. The summed E-state index contributed by atoms with van der Waals surface area (Å²) in [7, 11) is 0. The normalized spacial score (nSPS) is 22.8. The second kappa shape index (κ2) is 14.9. The van der Waals surface area contributed by atoms with E-state index in [0.717, 1.165) is 31.9 Å². The summed E-state index contributed by atoms with van der Waals surface area (Å²) in [6.07, 6.45) is 0.520. The van der Waals surface area contributed by atoms with Gasteiger partial charge in [-0.25, -0.2) is 4.68 Å². The molecule has 2 aliphatic heterocycles. The predicted octanol–water partition coefficient (Wildman–Crippen LogP) is 3.18. The zero-order chi connectivity index (χ0) is 34.4. The number of ether oxygens (including phenoxy) is 5. The number of hydrogen-bond acceptors (Lipinski definition) is 12. The van der Waals surface area contributed by atoms with Crippen LogP contribution >= 0.6 is 0 Å². The Kier molecular flexibility index (Phi) is 10.4. The average Bonchev–Trinajstić information content (AvgIpc) is 3.61. The highest BCUT2D eigenvalue weighted by atomic mass is 16.7. The Hall–Kier alpha value is -5.63. The Labute approximate surface area is 275 Å². The molecule has 5 atom stereocenters. The molecule has 0 saturated carbocycles. The molecule has 0 aliphatic carbocycles. The molecule has 1 fully saturated rings. The fourth-order valence-electron chi connectivity index (χ4n) is 5.54. The van der Waals surface area contributed by atoms with Gasteiger partial charge >= 0.3 is 23.9 Å². The number of allylic oxidation sites excluding steroid dienone is 2. The number of rotatable bonds is 10. The van der Waals surface area contributed by atoms with Crippen LogP contribution in [-0.2, 0) is 54.2 Å². The van der Waals surface area contributed by atoms with Gasteiger partial charge in [-0.3, -0.25) is 24.0 Å². The molecule has 2 aromatic carbocycles. The highest BCUT2D eigenvalue weighted by molar-refractivity contribution is 6.32. The maximum atomic E-state index is 13.7. The van der Waals surface area contributed by atoms with Gasteiger partial charge in [0, 0.05) is 38.8 Å². The van der Waals surface area contributed by atoms with Crippen molar-refractivity contribution in [2.75, 3.05) is 11.5 Å². The quantitative estimate of drug-likeness (QED) is 0.178. The van der Waals surface area contributed by atoms with Gasteiger partial charge in [-0.1, -0.05) is 65.9 Å². The van der Waals surface area contributed by atoms with Gasteiger partial charge in [-0.2, -0.15) is 0 Å². The van der Waals surface area contributed by atoms with Crippen LogP contribution in [0, 0.1) is 0 Å². The molecule has 5 rings (SSSR count). The molecule has 0 bridgehead atoms. The van der Waals surface area contributed by atoms with Crippen LogP contribution in [0.2, 0.25) is 0 Å². The van der Waals surface area contributed by atoms with E-state index in [-0.39, 0.29) is 19.1 Å². The molecule has 1 amide bonds. The van der Waals surface area contributed by atoms with Crippen molar-refractivity contribution in [2.45, 2.75) is 64.9 Å². The minimum atomic E-state index is -1.37. The summed E-state index contributed by atoms with van der Waals surface area (Å²) in [5.41, 5.74) is 3.29. The smallest absolute Gasteiger partial charge is 0.303 e. The van der Waals surface area contributed by atoms with Crippen LogP contribution in [0.4, 0.5) is 5.69 Å². The largest absolute Gasteiger partial charge is 0.463 e. The summed E-state index contributed by atoms with van der Waals surface area (Å²) in [6.45, 7) is 4.26. The molecule has 3 heterocycles. The maximum absolute atomic E-state index is 13.7. The average molecular weight is 659 g/mol. The van der Waals surface area contributed by atoms with Crippen LogP contribution in [0.3, 0.4) is 0 Å². The Morgan fingerprint density at radius 2 is 1.48 bits per heavy atom. The second-order valence-corrected chi connectivity index (χ2v) is 11.0. The zero-order valence-corrected chi connectivity index (χ0v) is 26.7. The van der Waals surface area contributed by atoms with Crippen LogP contribution in [0.5, 0.6) is 0 Å². The second-order valence-electron chi connectivity index (χ2n) is 11.0. The van der Waals surface area contributed by atoms with Gasteiger partial charge in [-0.05, 0) is 17.7 Å². The summed E-state index contributed by atoms with van der Waals surface area (Å²) in [5.74, 6) is -3.11. The van der Waals surface area contributed by atoms with Crippen molar-refractivity contribution in [3.8, 4) is 0 Å². The maximum Gasteiger partial charge on any atom is 0.303 e. The highest BCUT2D eigenvalue weighted by Gasteiger charge is 2.53. The molecule has 14 heteroatoms. The molecular weight excluding hydrogens is 624 g/mol. The number of para-hydroxylation sites is 1. The first-order valence-corrected chi connectivity index (χ1v) is 15.1. The molecule has 0 N–H and O–H groups in total. The number of carbonyl (C=O) groups is 5. The molecule has 1 saturated heterocycles. The third-order valence-electron chi connectivity index (χ3n) is 7.42. The van der Waals surface area contributed by atoms with Gasteiger partial charge < -0.3 is 28.6 Å². The first kappa shape index (κ1) is 33.7. The fourth-order valence-corrected chi connectivity index (χ4v) is 5.54. The number of hydrogen-bond donors (Lipinski definition) is 0. The molecule has 2 aliphatic rings. The summed E-state index contributed by atoms with van der Waals surface area (Å²) < 4.78 is 29.0. The minimum absolute atomic E-state index is 0.0286. The van der Waals surface area contributed by atoms with Gasteiger partial charge in [0.1, 0.15) is 18.4 Å². The first-order chi connectivity index (χ1) is 23.0. The number of carbonyl (C=O) groups excluding carboxylic acids is 5. The summed E-state index contributed by atoms with van der Waals surface area (Å²) in [6, 6.07) is 17.1. The van der Waals surface area contributed by atoms with Crippen molar-refractivity contribution in [1.29, 1.82) is 0 Å². The van der Waals surface area contributed by atoms with Crippen molar-refractivity contribution in [3.63, 3.8) is 0 Å². The van der Waals surface area contributed by atoms with Crippen molar-refractivity contribution in [2.24, 2.45) is 0 Å². The van der Waals surface area contributed by atoms with Gasteiger partial charge in [-0.15, -0.1) is 5.10 Å². The van der Waals surface area contributed by atoms with Gasteiger partial charge in [0.05, 0.1) is 18.4 Å². The van der Waals surface area contributed by atoms with Crippen LogP contribution in [0.1, 0.15) is 50.7 Å². The third-order valence-corrected chi connectivity index (χ3v) is 7.42. The molecule has 250 valence electrons. The summed E-state index contributed by atoms with van der Waals surface area (Å²) in [4.78, 5) is 63.3. The Balaban J connectivity index is 1.44. The molecule has 0 spiro atoms. The molecule has 3 aromatic rings. The highest BCUT2D eigenvalue weighted by Crippen LogP contribution is 2.38. The number of fused-ring (bicyclic) bond motifs is 1. The topological polar surface area (TPSA) is 165 Å². The Bertz CT molecular complexity index is 1750. The van der Waals surface area contributed by atoms with E-state index in [2.05, 4.69) is 10.3 Å². The Morgan fingerprint density at radius 1 is 0.833 bits per heavy atom. The molecule has 1 aromatic heterocycles. The standard InChI is InChI=1S/C34H34N4O10/c1-20(39)44-19-29-30(45-21(2)40)31(46-22(3)41)32(47-23(4)42)34(48-29)38-18-25(35-36-38)17-37-28-16-9-8-14-26(28)27(33(37)43)15-10-13-24-11-6-5-7-12-24/h5-16,18,29-32,34H,17,19H2,1-4H3/b13-10+,27-15+/t29-,30-,31+,32-,34-/m1/s1. The molecule has 0 unspecified atom stereocenters. The zero-order valence-electron chi connectivity index (χ0n) is 26.7. The Morgan fingerprint density at radius 3 is 2.17 bits per heavy atom. The summed E-state index contributed by atoms with van der Waals surface area (Å²) in [5, 5.41) is 8.42. The number of benzene rings is 2. The molecule has 0 radical (unpaired) electrons. The van der Waals surface area contributed by atoms with E-state index < -0.39 is 54.5 Å². The number of aromatic nitrogens is 3. The van der Waals surface area contributed by atoms with Gasteiger partial charge in [0.25, 0.3) is 5.91 Å². The molecular formula is C34H34N4O10. The van der Waals surface area contributed by atoms with E-state index in [1.807, 2.05) is 66.7 Å². The van der Waals surface area contributed by atoms with E-state index >= 15 is 0 Å². The van der Waals surface area contributed by atoms with Gasteiger partial charge in [0.2, 0.25) is 0 Å². The van der Waals surface area contributed by atoms with Crippen LogP contribution < -0.4 is 4.90 Å². The number of nitrogens with zero attached hydrogens (tertiary/aromatic N) is 4. The van der Waals surface area contributed by atoms with Crippen molar-refractivity contribution in [3.05, 3.63) is 89.8 Å². The lowest BCUT2D eigenvalue weighted by molar-refractivity contribution is -0.270. The van der Waals surface area contributed by atoms with Crippen molar-refractivity contribution in [1.82, 2.24) is 15.0 Å². The van der Waals surface area contributed by atoms with Gasteiger partial charge in [0.15, 0.2) is 24.5 Å². The van der Waals surface area contributed by atoms with E-state index in [9.17, 15) is 24.0 Å². The SMILES string of the molecule is CC(=O)OC[C@H]1O[C@@H](n2cc(CN3C(=O)/C(=C/C=C/c4ccccc4)c4ccccc43)nn2)[C@H](OC(C)=O)[C@@H](OC(C)=O)[C@@H]1OC(C)=O. The van der Waals surface area contributed by atoms with Crippen LogP contribution in [0.25, 0.3) is 11.6 Å². The van der Waals surface area contributed by atoms with E-state index in [4.69, 9.17) is 23.7 Å². The van der Waals surface area contributed by atoms with Crippen molar-refractivity contribution < 1.29 is 47.7 Å². The monoisotopic (exact) mass is 658 g/mol. The predicted molar refractivity (Wildman–Crippen MR) is 168 cm³/mol. The van der Waals surface area contributed by atoms with Crippen molar-refractivity contribution >= 4 is 47.1 Å². The van der Waals surface area contributed by atoms with E-state index in [1.54, 1.807) is 11.0 Å². The molecule has 14 nitrogen and oxygen atoms in total. The fraction of sp³-hybridized carbons (Fsp3) is 0.324. The minimum Gasteiger partial charge on any atom is -0.463 e. The first-order valence-electron chi connectivity index (χ1n) is 15.1. The number of esters is 4. The lowest BCUT2D eigenvalue weighted by atomic mass is 9.97. The lowest BCUT2D eigenvalue weighted by Gasteiger charge is -2.44. The molecule has 48 heavy (non-hydrogen) atoms. The van der Waals surface area contributed by atoms with Crippen LogP contribution in [0.15, 0.2) is 72.9 Å². The lowest BCUT2D eigenvalue weighted by Crippen LogP contribution is -2.60. The number of anilines is 1. The van der Waals surface area contributed by atoms with Crippen LogP contribution in [-0.4, -0.2) is 75.8 Å². The summed E-state index contributed by atoms with van der Waals surface area (Å²) >= 11 is 0. The van der Waals surface area contributed by atoms with E-state index in [0.29, 0.717) is 17.0 Å². The van der Waals surface area contributed by atoms with E-state index in [1.165, 1.54) is 17.8 Å².